The minimum atomic E-state index is -1.28. The molecule has 2 fully saturated rings. The molecule has 6 atom stereocenters. The van der Waals surface area contributed by atoms with Crippen LogP contribution >= 0.6 is 11.8 Å². The van der Waals surface area contributed by atoms with E-state index in [1.807, 2.05) is 6.92 Å². The van der Waals surface area contributed by atoms with Gasteiger partial charge in [-0.3, -0.25) is 19.0 Å². The van der Waals surface area contributed by atoms with Gasteiger partial charge in [0.2, 0.25) is 11.4 Å². The van der Waals surface area contributed by atoms with E-state index in [4.69, 9.17) is 37.9 Å². The Bertz CT molecular complexity index is 1770. The summed E-state index contributed by atoms with van der Waals surface area (Å²) in [5, 5.41) is 24.7. The lowest BCUT2D eigenvalue weighted by Crippen LogP contribution is -2.66. The van der Waals surface area contributed by atoms with Gasteiger partial charge in [0, 0.05) is 37.1 Å². The molecule has 54 heavy (non-hydrogen) atoms. The third-order valence-corrected chi connectivity index (χ3v) is 10.2. The van der Waals surface area contributed by atoms with Crippen molar-refractivity contribution in [3.8, 4) is 5.75 Å². The maximum atomic E-state index is 13.3. The largest absolute Gasteiger partial charge is 0.496 e. The third-order valence-electron chi connectivity index (χ3n) is 9.14. The predicted octanol–water partition coefficient (Wildman–Crippen LogP) is 3.80. The van der Waals surface area contributed by atoms with Gasteiger partial charge in [0.05, 0.1) is 25.0 Å². The number of methoxy groups -OCH3 is 1. The first-order valence-electron chi connectivity index (χ1n) is 17.6. The SMILES string of the molecule is CC[C@H]1O[C@@]2(C)[C@H](OC(C)=O)[C@@]1(C)O[C@@H](/C=C/C=C/C=C/c1oc(=O)cc(OC)c1C)[C@@H]2OC(=O)CCCC(=O)OCc1c(CSCCCO)no[n+]1[O-]. The van der Waals surface area contributed by atoms with Crippen LogP contribution in [0.2, 0.25) is 0 Å². The number of hydrogen-bond donors (Lipinski definition) is 1. The van der Waals surface area contributed by atoms with Crippen LogP contribution in [0.4, 0.5) is 0 Å². The Morgan fingerprint density at radius 1 is 1.07 bits per heavy atom. The van der Waals surface area contributed by atoms with Crippen molar-refractivity contribution in [2.75, 3.05) is 19.5 Å². The van der Waals surface area contributed by atoms with Crippen LogP contribution in [0.3, 0.4) is 0 Å². The van der Waals surface area contributed by atoms with Crippen molar-refractivity contribution in [3.63, 3.8) is 0 Å². The summed E-state index contributed by atoms with van der Waals surface area (Å²) in [6.45, 7) is 8.19. The van der Waals surface area contributed by atoms with E-state index < -0.39 is 59.2 Å². The number of aromatic nitrogens is 2. The van der Waals surface area contributed by atoms with Gasteiger partial charge in [-0.1, -0.05) is 37.3 Å². The van der Waals surface area contributed by atoms with Crippen molar-refractivity contribution >= 4 is 35.7 Å². The third kappa shape index (κ3) is 10.2. The lowest BCUT2D eigenvalue weighted by molar-refractivity contribution is -0.809. The van der Waals surface area contributed by atoms with Crippen molar-refractivity contribution in [2.45, 2.75) is 115 Å². The van der Waals surface area contributed by atoms with Crippen molar-refractivity contribution in [1.82, 2.24) is 5.16 Å². The molecule has 16 nitrogen and oxygen atoms in total. The molecular formula is C37H48N2O14S. The van der Waals surface area contributed by atoms with E-state index in [0.717, 1.165) is 0 Å². The minimum Gasteiger partial charge on any atom is -0.496 e. The lowest BCUT2D eigenvalue weighted by atomic mass is 9.77. The van der Waals surface area contributed by atoms with Gasteiger partial charge in [-0.2, -0.15) is 11.8 Å². The molecule has 17 heteroatoms. The second kappa shape index (κ2) is 19.2. The summed E-state index contributed by atoms with van der Waals surface area (Å²) in [6.07, 6.45) is 7.80. The molecule has 0 aliphatic carbocycles. The zero-order valence-corrected chi connectivity index (χ0v) is 32.1. The number of allylic oxidation sites excluding steroid dienone is 4. The number of carbonyl (C=O) groups excluding carboxylic acids is 3. The molecule has 4 rings (SSSR count). The molecule has 0 saturated carbocycles. The molecule has 0 unspecified atom stereocenters. The molecule has 4 heterocycles. The molecule has 296 valence electrons. The van der Waals surface area contributed by atoms with E-state index in [1.165, 1.54) is 31.9 Å². The van der Waals surface area contributed by atoms with Crippen LogP contribution in [0.25, 0.3) is 6.08 Å². The zero-order valence-electron chi connectivity index (χ0n) is 31.3. The molecule has 2 aromatic rings. The van der Waals surface area contributed by atoms with E-state index in [0.29, 0.717) is 47.1 Å². The number of ether oxygens (including phenoxy) is 6. The van der Waals surface area contributed by atoms with E-state index >= 15 is 0 Å². The first-order valence-corrected chi connectivity index (χ1v) is 18.8. The van der Waals surface area contributed by atoms with Gasteiger partial charge in [-0.05, 0) is 56.8 Å². The molecule has 1 N–H and O–H groups in total. The quantitative estimate of drug-likeness (QED) is 0.0707. The summed E-state index contributed by atoms with van der Waals surface area (Å²) in [6, 6.07) is 1.27. The Morgan fingerprint density at radius 3 is 2.52 bits per heavy atom. The average molecular weight is 777 g/mol. The number of fused-ring (bicyclic) bond motifs is 2. The normalized spacial score (nSPS) is 25.1. The summed E-state index contributed by atoms with van der Waals surface area (Å²) >= 11 is 1.45. The van der Waals surface area contributed by atoms with Crippen LogP contribution in [-0.2, 0) is 50.4 Å². The summed E-state index contributed by atoms with van der Waals surface area (Å²) < 4.78 is 45.2. The number of aliphatic hydroxyl groups is 1. The fraction of sp³-hybridized carbons (Fsp3) is 0.568. The van der Waals surface area contributed by atoms with Crippen LogP contribution in [0.1, 0.15) is 82.5 Å². The Labute approximate surface area is 317 Å². The number of aliphatic hydroxyl groups excluding tert-OH is 1. The monoisotopic (exact) mass is 776 g/mol. The van der Waals surface area contributed by atoms with Crippen LogP contribution in [0, 0.1) is 12.1 Å². The fourth-order valence-electron chi connectivity index (χ4n) is 6.51. The van der Waals surface area contributed by atoms with Crippen LogP contribution < -0.4 is 15.3 Å². The molecule has 0 aromatic carbocycles. The van der Waals surface area contributed by atoms with Gasteiger partial charge in [0.1, 0.15) is 28.8 Å². The Kier molecular flexibility index (Phi) is 15.1. The molecule has 0 radical (unpaired) electrons. The highest BCUT2D eigenvalue weighted by Gasteiger charge is 2.71. The summed E-state index contributed by atoms with van der Waals surface area (Å²) in [7, 11) is 1.47. The van der Waals surface area contributed by atoms with E-state index in [2.05, 4.69) is 9.79 Å². The van der Waals surface area contributed by atoms with Crippen molar-refractivity contribution in [2.24, 2.45) is 0 Å². The van der Waals surface area contributed by atoms with E-state index in [1.54, 1.807) is 57.2 Å². The number of carbonyl (C=O) groups is 3. The van der Waals surface area contributed by atoms with Crippen molar-refractivity contribution in [3.05, 3.63) is 74.8 Å². The first kappa shape index (κ1) is 42.3. The molecule has 0 spiro atoms. The first-order chi connectivity index (χ1) is 25.8. The average Bonchev–Trinajstić information content (AvgIpc) is 3.55. The topological polar surface area (TPSA) is 210 Å². The van der Waals surface area contributed by atoms with E-state index in [-0.39, 0.29) is 43.1 Å². The standard InChI is InChI=1S/C37H48N2O14S/c1-7-30-36(4)35(48-24(3)41)37(5,52-30)34(28(51-36)15-11-9-8-10-14-27-23(2)29(46-6)20-33(44)49-27)50-32(43)17-12-16-31(42)47-21-26-25(38-53-39(26)45)22-54-19-13-18-40/h8-11,14-15,20,28,30,34-35,40H,7,12-13,16-19,21-22H2,1-6H3/b9-8+,14-10+,15-11+/t28-,30+,34-,35+,36-,37+/m0/s1. The second-order valence-corrected chi connectivity index (χ2v) is 14.2. The molecule has 2 aromatic heterocycles. The van der Waals surface area contributed by atoms with Crippen LogP contribution in [0.15, 0.2) is 50.3 Å². The van der Waals surface area contributed by atoms with Gasteiger partial charge in [0.15, 0.2) is 18.8 Å². The maximum Gasteiger partial charge on any atom is 0.339 e. The van der Waals surface area contributed by atoms with Crippen LogP contribution in [0.5, 0.6) is 5.75 Å². The van der Waals surface area contributed by atoms with E-state index in [9.17, 15) is 24.4 Å². The Balaban J connectivity index is 1.42. The molecular weight excluding hydrogens is 728 g/mol. The lowest BCUT2D eigenvalue weighted by Gasteiger charge is -2.48. The highest BCUT2D eigenvalue weighted by atomic mass is 32.2. The van der Waals surface area contributed by atoms with Gasteiger partial charge in [-0.15, -0.1) is 0 Å². The fourth-order valence-corrected chi connectivity index (χ4v) is 7.40. The zero-order chi connectivity index (χ0) is 39.5. The van der Waals surface area contributed by atoms with Crippen molar-refractivity contribution in [1.29, 1.82) is 0 Å². The molecule has 0 amide bonds. The summed E-state index contributed by atoms with van der Waals surface area (Å²) in [5.41, 5.74) is -1.82. The van der Waals surface area contributed by atoms with Gasteiger partial charge in [0.25, 0.3) is 0 Å². The van der Waals surface area contributed by atoms with Crippen LogP contribution in [-0.4, -0.2) is 83.3 Å². The predicted molar refractivity (Wildman–Crippen MR) is 193 cm³/mol. The molecule has 2 saturated heterocycles. The highest BCUT2D eigenvalue weighted by molar-refractivity contribution is 7.98. The summed E-state index contributed by atoms with van der Waals surface area (Å²) in [4.78, 5) is 50.1. The Hall–Kier alpha value is -4.45. The smallest absolute Gasteiger partial charge is 0.339 e. The molecule has 2 aliphatic heterocycles. The summed E-state index contributed by atoms with van der Waals surface area (Å²) in [5.74, 6) is -0.0708. The van der Waals surface area contributed by atoms with Crippen molar-refractivity contribution < 1.29 is 61.9 Å². The van der Waals surface area contributed by atoms with Gasteiger partial charge < -0.3 is 43.2 Å². The molecule has 2 aliphatic rings. The maximum absolute atomic E-state index is 13.3. The number of thioether (sulfide) groups is 1. The highest BCUT2D eigenvalue weighted by Crippen LogP contribution is 2.52. The minimum absolute atomic E-state index is 0.0466. The Morgan fingerprint density at radius 2 is 1.81 bits per heavy atom. The molecule has 2 bridgehead atoms. The second-order valence-electron chi connectivity index (χ2n) is 13.1. The number of hydrogen-bond acceptors (Lipinski definition) is 16. The number of nitrogens with zero attached hydrogens (tertiary/aromatic N) is 2. The number of rotatable bonds is 19. The van der Waals surface area contributed by atoms with Gasteiger partial charge in [-0.25, -0.2) is 4.79 Å². The van der Waals surface area contributed by atoms with Gasteiger partial charge >= 0.3 is 23.5 Å². The number of esters is 3.